The largest absolute Gasteiger partial charge is 0.478 e. The maximum atomic E-state index is 12.6. The molecule has 1 aliphatic rings. The molecule has 2 aromatic heterocycles. The molecule has 1 fully saturated rings. The van der Waals surface area contributed by atoms with Crippen LogP contribution in [0.3, 0.4) is 0 Å². The lowest BCUT2D eigenvalue weighted by Gasteiger charge is -2.29. The summed E-state index contributed by atoms with van der Waals surface area (Å²) in [5, 5.41) is 15.9. The summed E-state index contributed by atoms with van der Waals surface area (Å²) in [6.07, 6.45) is 3.11. The third-order valence-corrected chi connectivity index (χ3v) is 6.06. The van der Waals surface area contributed by atoms with Crippen LogP contribution in [0.4, 0.5) is 17.5 Å². The number of benzene rings is 1. The zero-order valence-electron chi connectivity index (χ0n) is 18.8. The van der Waals surface area contributed by atoms with Gasteiger partial charge in [-0.1, -0.05) is 11.6 Å². The smallest absolute Gasteiger partial charge is 0.293 e. The molecular formula is C23H24ClN7O3. The van der Waals surface area contributed by atoms with E-state index in [4.69, 9.17) is 21.6 Å². The number of aromatic nitrogens is 3. The fraction of sp³-hybridized carbons (Fsp3) is 0.348. The minimum atomic E-state index is -0.333. The Hall–Kier alpha value is -3.84. The average molecular weight is 482 g/mol. The van der Waals surface area contributed by atoms with Gasteiger partial charge in [-0.3, -0.25) is 9.59 Å². The van der Waals surface area contributed by atoms with Gasteiger partial charge < -0.3 is 24.8 Å². The van der Waals surface area contributed by atoms with Gasteiger partial charge in [0.05, 0.1) is 17.8 Å². The Kier molecular flexibility index (Phi) is 6.84. The molecule has 0 atom stereocenters. The zero-order chi connectivity index (χ0) is 24.2. The predicted molar refractivity (Wildman–Crippen MR) is 130 cm³/mol. The van der Waals surface area contributed by atoms with Gasteiger partial charge >= 0.3 is 0 Å². The van der Waals surface area contributed by atoms with E-state index in [1.54, 1.807) is 19.3 Å². The van der Waals surface area contributed by atoms with Crippen molar-refractivity contribution < 1.29 is 9.53 Å². The molecule has 4 rings (SSSR count). The molecule has 2 N–H and O–H groups in total. The number of anilines is 3. The van der Waals surface area contributed by atoms with Crippen LogP contribution in [0.2, 0.25) is 5.02 Å². The highest BCUT2D eigenvalue weighted by Gasteiger charge is 2.21. The highest BCUT2D eigenvalue weighted by Crippen LogP contribution is 2.28. The zero-order valence-corrected chi connectivity index (χ0v) is 19.6. The van der Waals surface area contributed by atoms with Crippen molar-refractivity contribution >= 4 is 45.9 Å². The van der Waals surface area contributed by atoms with E-state index < -0.39 is 0 Å². The molecule has 0 unspecified atom stereocenters. The van der Waals surface area contributed by atoms with E-state index in [1.807, 2.05) is 23.1 Å². The first-order valence-corrected chi connectivity index (χ1v) is 11.2. The molecule has 1 aliphatic heterocycles. The molecule has 10 nitrogen and oxygen atoms in total. The van der Waals surface area contributed by atoms with E-state index in [2.05, 4.69) is 26.7 Å². The molecule has 3 heterocycles. The van der Waals surface area contributed by atoms with Crippen LogP contribution in [-0.2, 0) is 11.8 Å². The summed E-state index contributed by atoms with van der Waals surface area (Å²) >= 11 is 6.35. The lowest BCUT2D eigenvalue weighted by molar-refractivity contribution is -0.122. The highest BCUT2D eigenvalue weighted by atomic mass is 35.5. The van der Waals surface area contributed by atoms with Crippen molar-refractivity contribution in [2.24, 2.45) is 13.0 Å². The number of likely N-dealkylation sites (N-methyl/N-ethyl adjacent to an activating group) is 1. The Morgan fingerprint density at radius 2 is 2.09 bits per heavy atom. The summed E-state index contributed by atoms with van der Waals surface area (Å²) in [7, 11) is 3.15. The number of nitriles is 1. The number of ether oxygens (including phenoxy) is 1. The second-order valence-electron chi connectivity index (χ2n) is 7.99. The second-order valence-corrected chi connectivity index (χ2v) is 8.40. The number of halogens is 1. The molecule has 0 saturated carbocycles. The summed E-state index contributed by atoms with van der Waals surface area (Å²) in [4.78, 5) is 35.1. The third kappa shape index (κ3) is 4.89. The van der Waals surface area contributed by atoms with E-state index in [9.17, 15) is 9.59 Å². The topological polar surface area (TPSA) is 125 Å². The Morgan fingerprint density at radius 1 is 1.32 bits per heavy atom. The van der Waals surface area contributed by atoms with Crippen LogP contribution in [0.25, 0.3) is 10.9 Å². The average Bonchev–Trinajstić information content (AvgIpc) is 2.86. The van der Waals surface area contributed by atoms with Crippen molar-refractivity contribution in [2.75, 3.05) is 37.0 Å². The minimum Gasteiger partial charge on any atom is -0.478 e. The molecule has 176 valence electrons. The van der Waals surface area contributed by atoms with Gasteiger partial charge in [0.15, 0.2) is 18.2 Å². The van der Waals surface area contributed by atoms with Crippen molar-refractivity contribution in [3.8, 4) is 11.8 Å². The molecule has 3 aromatic rings. The number of rotatable bonds is 6. The van der Waals surface area contributed by atoms with Crippen LogP contribution in [0.5, 0.6) is 5.75 Å². The number of aryl methyl sites for hydroxylation is 1. The van der Waals surface area contributed by atoms with E-state index >= 15 is 0 Å². The third-order valence-electron chi connectivity index (χ3n) is 5.78. The standard InChI is InChI=1S/C23H24ClN7O3/c1-26-20(32)13-34-19-10-15-9-16(3-4-18(15)30(2)22(19)33)28-21-17(24)12-27-23(29-21)31-7-5-14(11-25)6-8-31/h3-4,9-10,12,14H,5-8,13H2,1-2H3,(H,26,32)(H,27,28,29). The van der Waals surface area contributed by atoms with Crippen LogP contribution in [0.1, 0.15) is 12.8 Å². The SMILES string of the molecule is CNC(=O)COc1cc2cc(Nc3nc(N4CCC(C#N)CC4)ncc3Cl)ccc2n(C)c1=O. The molecule has 0 bridgehead atoms. The first-order valence-electron chi connectivity index (χ1n) is 10.8. The first-order chi connectivity index (χ1) is 16.4. The van der Waals surface area contributed by atoms with Crippen molar-refractivity contribution in [3.63, 3.8) is 0 Å². The van der Waals surface area contributed by atoms with Gasteiger partial charge in [0.2, 0.25) is 5.95 Å². The minimum absolute atomic E-state index is 0.0694. The van der Waals surface area contributed by atoms with Gasteiger partial charge in [-0.2, -0.15) is 10.2 Å². The summed E-state index contributed by atoms with van der Waals surface area (Å²) in [5.41, 5.74) is 1.08. The second kappa shape index (κ2) is 9.97. The number of hydrogen-bond acceptors (Lipinski definition) is 8. The quantitative estimate of drug-likeness (QED) is 0.550. The fourth-order valence-electron chi connectivity index (χ4n) is 3.79. The van der Waals surface area contributed by atoms with Gasteiger partial charge in [-0.05, 0) is 37.1 Å². The van der Waals surface area contributed by atoms with Crippen LogP contribution in [0.15, 0.2) is 35.3 Å². The Labute approximate surface area is 201 Å². The van der Waals surface area contributed by atoms with Crippen molar-refractivity contribution in [1.82, 2.24) is 19.9 Å². The summed E-state index contributed by atoms with van der Waals surface area (Å²) < 4.78 is 6.89. The first kappa shape index (κ1) is 23.3. The van der Waals surface area contributed by atoms with E-state index in [0.29, 0.717) is 41.1 Å². The highest BCUT2D eigenvalue weighted by molar-refractivity contribution is 6.32. The number of nitrogens with one attached hydrogen (secondary N) is 2. The Balaban J connectivity index is 1.59. The molecule has 0 aliphatic carbocycles. The lowest BCUT2D eigenvalue weighted by Crippen LogP contribution is -2.34. The maximum Gasteiger partial charge on any atom is 0.293 e. The summed E-state index contributed by atoms with van der Waals surface area (Å²) in [6.45, 7) is 1.17. The Morgan fingerprint density at radius 3 is 2.79 bits per heavy atom. The normalized spacial score (nSPS) is 14.0. The molecule has 1 amide bonds. The lowest BCUT2D eigenvalue weighted by atomic mass is 9.99. The molecule has 11 heteroatoms. The van der Waals surface area contributed by atoms with Gasteiger partial charge in [0, 0.05) is 44.2 Å². The molecule has 0 radical (unpaired) electrons. The van der Waals surface area contributed by atoms with Gasteiger partial charge in [-0.25, -0.2) is 4.98 Å². The van der Waals surface area contributed by atoms with Gasteiger partial charge in [0.1, 0.15) is 5.02 Å². The van der Waals surface area contributed by atoms with Crippen LogP contribution in [-0.4, -0.2) is 47.2 Å². The Bertz CT molecular complexity index is 1330. The summed E-state index contributed by atoms with van der Waals surface area (Å²) in [5.74, 6) is 0.827. The number of fused-ring (bicyclic) bond motifs is 1. The number of carbonyl (C=O) groups is 1. The van der Waals surface area contributed by atoms with Crippen LogP contribution >= 0.6 is 11.6 Å². The van der Waals surface area contributed by atoms with E-state index in [0.717, 1.165) is 18.2 Å². The molecule has 1 aromatic carbocycles. The van der Waals surface area contributed by atoms with E-state index in [-0.39, 0.29) is 29.7 Å². The summed E-state index contributed by atoms with van der Waals surface area (Å²) in [6, 6.07) is 9.41. The van der Waals surface area contributed by atoms with Crippen LogP contribution in [0, 0.1) is 17.2 Å². The van der Waals surface area contributed by atoms with Crippen molar-refractivity contribution in [1.29, 1.82) is 5.26 Å². The molecular weight excluding hydrogens is 458 g/mol. The monoisotopic (exact) mass is 481 g/mol. The number of carbonyl (C=O) groups excluding carboxylic acids is 1. The molecule has 0 spiro atoms. The van der Waals surface area contributed by atoms with Crippen molar-refractivity contribution in [2.45, 2.75) is 12.8 Å². The number of nitrogens with zero attached hydrogens (tertiary/aromatic N) is 5. The maximum absolute atomic E-state index is 12.6. The number of hydrogen-bond donors (Lipinski definition) is 2. The van der Waals surface area contributed by atoms with Gasteiger partial charge in [0.25, 0.3) is 11.5 Å². The van der Waals surface area contributed by atoms with E-state index in [1.165, 1.54) is 11.6 Å². The number of pyridine rings is 1. The van der Waals surface area contributed by atoms with Crippen LogP contribution < -0.4 is 25.8 Å². The predicted octanol–water partition coefficient (Wildman–Crippen LogP) is 2.59. The fourth-order valence-corrected chi connectivity index (χ4v) is 3.93. The molecule has 1 saturated heterocycles. The number of amides is 1. The number of piperidine rings is 1. The van der Waals surface area contributed by atoms with Gasteiger partial charge in [-0.15, -0.1) is 0 Å². The van der Waals surface area contributed by atoms with Crippen molar-refractivity contribution in [3.05, 3.63) is 45.8 Å². The molecule has 34 heavy (non-hydrogen) atoms.